The van der Waals surface area contributed by atoms with Gasteiger partial charge in [-0.15, -0.1) is 0 Å². The molecule has 3 rings (SSSR count). The van der Waals surface area contributed by atoms with Crippen molar-refractivity contribution >= 4 is 27.3 Å². The Kier molecular flexibility index (Phi) is 5.56. The molecule has 0 atom stereocenters. The Hall–Kier alpha value is -2.41. The van der Waals surface area contributed by atoms with Crippen molar-refractivity contribution in [2.75, 3.05) is 21.9 Å². The number of pyridine rings is 1. The van der Waals surface area contributed by atoms with E-state index in [-0.39, 0.29) is 11.7 Å². The number of nitrogens with one attached hydrogen (secondary N) is 1. The number of rotatable bonds is 6. The minimum absolute atomic E-state index is 0.0877. The molecule has 0 bridgehead atoms. The molecule has 1 aromatic heterocycles. The lowest BCUT2D eigenvalue weighted by Gasteiger charge is -2.30. The van der Waals surface area contributed by atoms with Crippen molar-refractivity contribution in [3.8, 4) is 0 Å². The molecule has 1 aromatic carbocycles. The normalized spacial score (nSPS) is 14.0. The number of nitrogens with zero attached hydrogens (tertiary/aromatic N) is 2. The maximum atomic E-state index is 12.8. The molecule has 0 saturated carbocycles. The first kappa shape index (κ1) is 18.4. The number of carbonyl (C=O) groups is 1. The van der Waals surface area contributed by atoms with Crippen LogP contribution in [0.2, 0.25) is 0 Å². The molecule has 2 heterocycles. The Morgan fingerprint density at radius 2 is 2.15 bits per heavy atom. The maximum Gasteiger partial charge on any atom is 0.259 e. The topological polar surface area (TPSA) is 79.4 Å². The molecular weight excluding hydrogens is 350 g/mol. The molecule has 2 aromatic rings. The van der Waals surface area contributed by atoms with Gasteiger partial charge in [0.15, 0.2) is 0 Å². The van der Waals surface area contributed by atoms with Crippen LogP contribution in [0.3, 0.4) is 0 Å². The number of fused-ring (bicyclic) bond motifs is 1. The molecule has 0 spiro atoms. The Labute approximate surface area is 154 Å². The van der Waals surface area contributed by atoms with Gasteiger partial charge in [0.1, 0.15) is 0 Å². The molecule has 1 N–H and O–H groups in total. The number of anilines is 2. The highest BCUT2D eigenvalue weighted by molar-refractivity contribution is 7.92. The number of hydrogen-bond acceptors (Lipinski definition) is 4. The van der Waals surface area contributed by atoms with E-state index >= 15 is 0 Å². The van der Waals surface area contributed by atoms with Gasteiger partial charge in [-0.2, -0.15) is 0 Å². The largest absolute Gasteiger partial charge is 0.308 e. The fourth-order valence-electron chi connectivity index (χ4n) is 3.08. The maximum absolute atomic E-state index is 12.8. The highest BCUT2D eigenvalue weighted by Gasteiger charge is 2.24. The van der Waals surface area contributed by atoms with Gasteiger partial charge in [0.25, 0.3) is 5.91 Å². The van der Waals surface area contributed by atoms with Gasteiger partial charge in [-0.3, -0.25) is 14.5 Å². The first-order chi connectivity index (χ1) is 12.5. The molecule has 138 valence electrons. The molecular formula is C19H23N3O3S. The Bertz CT molecular complexity index is 882. The third-order valence-electron chi connectivity index (χ3n) is 4.39. The van der Waals surface area contributed by atoms with Gasteiger partial charge in [0.2, 0.25) is 10.0 Å². The molecule has 26 heavy (non-hydrogen) atoms. The third kappa shape index (κ3) is 4.22. The average molecular weight is 373 g/mol. The van der Waals surface area contributed by atoms with Crippen molar-refractivity contribution in [1.29, 1.82) is 0 Å². The molecule has 0 unspecified atom stereocenters. The van der Waals surface area contributed by atoms with Crippen molar-refractivity contribution in [3.63, 3.8) is 0 Å². The number of aromatic nitrogens is 1. The smallest absolute Gasteiger partial charge is 0.259 e. The van der Waals surface area contributed by atoms with E-state index in [1.807, 2.05) is 19.1 Å². The predicted octanol–water partition coefficient (Wildman–Crippen LogP) is 3.22. The Balaban J connectivity index is 1.82. The van der Waals surface area contributed by atoms with Crippen molar-refractivity contribution < 1.29 is 13.2 Å². The van der Waals surface area contributed by atoms with Gasteiger partial charge in [-0.25, -0.2) is 8.42 Å². The minimum Gasteiger partial charge on any atom is -0.308 e. The van der Waals surface area contributed by atoms with Crippen LogP contribution < -0.4 is 9.62 Å². The highest BCUT2D eigenvalue weighted by Crippen LogP contribution is 2.31. The summed E-state index contributed by atoms with van der Waals surface area (Å²) in [5.41, 5.74) is 2.91. The molecule has 1 aliphatic heterocycles. The van der Waals surface area contributed by atoms with Crippen LogP contribution in [0.25, 0.3) is 0 Å². The SMILES string of the molecule is CCCCS(=O)(=O)Nc1ccc2c(c1)CCCN2C(=O)c1cccnc1. The van der Waals surface area contributed by atoms with Gasteiger partial charge in [0, 0.05) is 30.3 Å². The van der Waals surface area contributed by atoms with E-state index in [2.05, 4.69) is 9.71 Å². The van der Waals surface area contributed by atoms with Crippen LogP contribution in [0.15, 0.2) is 42.7 Å². The summed E-state index contributed by atoms with van der Waals surface area (Å²) in [5.74, 6) is 0.0296. The van der Waals surface area contributed by atoms with Crippen LogP contribution in [-0.4, -0.2) is 31.6 Å². The van der Waals surface area contributed by atoms with E-state index < -0.39 is 10.0 Å². The zero-order chi connectivity index (χ0) is 18.6. The van der Waals surface area contributed by atoms with Crippen molar-refractivity contribution in [2.24, 2.45) is 0 Å². The zero-order valence-corrected chi connectivity index (χ0v) is 15.6. The van der Waals surface area contributed by atoms with E-state index in [9.17, 15) is 13.2 Å². The third-order valence-corrected chi connectivity index (χ3v) is 5.76. The summed E-state index contributed by atoms with van der Waals surface area (Å²) in [6.45, 7) is 2.60. The average Bonchev–Trinajstić information content (AvgIpc) is 2.65. The first-order valence-electron chi connectivity index (χ1n) is 8.85. The molecule has 6 nitrogen and oxygen atoms in total. The monoisotopic (exact) mass is 373 g/mol. The lowest BCUT2D eigenvalue weighted by atomic mass is 10.0. The number of unbranched alkanes of at least 4 members (excludes halogenated alkanes) is 1. The summed E-state index contributed by atoms with van der Waals surface area (Å²) in [4.78, 5) is 18.5. The highest BCUT2D eigenvalue weighted by atomic mass is 32.2. The van der Waals surface area contributed by atoms with Crippen molar-refractivity contribution in [3.05, 3.63) is 53.9 Å². The summed E-state index contributed by atoms with van der Waals surface area (Å²) in [6, 6.07) is 8.87. The van der Waals surface area contributed by atoms with Gasteiger partial charge in [-0.1, -0.05) is 13.3 Å². The molecule has 0 aliphatic carbocycles. The van der Waals surface area contributed by atoms with Gasteiger partial charge < -0.3 is 4.90 Å². The van der Waals surface area contributed by atoms with Gasteiger partial charge >= 0.3 is 0 Å². The van der Waals surface area contributed by atoms with Crippen molar-refractivity contribution in [1.82, 2.24) is 4.98 Å². The zero-order valence-electron chi connectivity index (χ0n) is 14.8. The fourth-order valence-corrected chi connectivity index (χ4v) is 4.34. The predicted molar refractivity (Wildman–Crippen MR) is 103 cm³/mol. The molecule has 0 saturated heterocycles. The van der Waals surface area contributed by atoms with E-state index in [0.29, 0.717) is 24.2 Å². The van der Waals surface area contributed by atoms with E-state index in [0.717, 1.165) is 30.5 Å². The number of aryl methyl sites for hydroxylation is 1. The van der Waals surface area contributed by atoms with Gasteiger partial charge in [-0.05, 0) is 55.2 Å². The van der Waals surface area contributed by atoms with Gasteiger partial charge in [0.05, 0.1) is 11.3 Å². The van der Waals surface area contributed by atoms with E-state index in [1.165, 1.54) is 0 Å². The van der Waals surface area contributed by atoms with E-state index in [1.54, 1.807) is 35.5 Å². The van der Waals surface area contributed by atoms with Crippen LogP contribution in [0.4, 0.5) is 11.4 Å². The standard InChI is InChI=1S/C19H23N3O3S/c1-2-3-12-26(24,25)21-17-8-9-18-15(13-17)7-5-11-22(18)19(23)16-6-4-10-20-14-16/h4,6,8-10,13-14,21H,2-3,5,7,11-12H2,1H3. The van der Waals surface area contributed by atoms with Crippen LogP contribution in [0.1, 0.15) is 42.1 Å². The first-order valence-corrected chi connectivity index (χ1v) is 10.5. The molecule has 1 aliphatic rings. The quantitative estimate of drug-likeness (QED) is 0.843. The lowest BCUT2D eigenvalue weighted by Crippen LogP contribution is -2.35. The summed E-state index contributed by atoms with van der Waals surface area (Å²) < 4.78 is 26.8. The van der Waals surface area contributed by atoms with Crippen molar-refractivity contribution in [2.45, 2.75) is 32.6 Å². The molecule has 1 amide bonds. The summed E-state index contributed by atoms with van der Waals surface area (Å²) in [7, 11) is -3.33. The lowest BCUT2D eigenvalue weighted by molar-refractivity contribution is 0.0984. The number of amides is 1. The second-order valence-electron chi connectivity index (χ2n) is 6.42. The van der Waals surface area contributed by atoms with Crippen LogP contribution in [-0.2, 0) is 16.4 Å². The van der Waals surface area contributed by atoms with E-state index in [4.69, 9.17) is 0 Å². The van der Waals surface area contributed by atoms with Crippen LogP contribution in [0.5, 0.6) is 0 Å². The fraction of sp³-hybridized carbons (Fsp3) is 0.368. The number of sulfonamides is 1. The molecule has 0 radical (unpaired) electrons. The minimum atomic E-state index is -3.33. The molecule has 7 heteroatoms. The second-order valence-corrected chi connectivity index (χ2v) is 8.26. The van der Waals surface area contributed by atoms with Crippen LogP contribution >= 0.6 is 0 Å². The summed E-state index contributed by atoms with van der Waals surface area (Å²) in [6.07, 6.45) is 6.32. The summed E-state index contributed by atoms with van der Waals surface area (Å²) >= 11 is 0. The second kappa shape index (κ2) is 7.86. The Morgan fingerprint density at radius 1 is 1.31 bits per heavy atom. The molecule has 0 fully saturated rings. The van der Waals surface area contributed by atoms with Crippen LogP contribution in [0, 0.1) is 0 Å². The summed E-state index contributed by atoms with van der Waals surface area (Å²) in [5, 5.41) is 0. The number of carbonyl (C=O) groups excluding carboxylic acids is 1. The number of hydrogen-bond donors (Lipinski definition) is 1. The Morgan fingerprint density at radius 3 is 2.88 bits per heavy atom. The number of benzene rings is 1.